The van der Waals surface area contributed by atoms with Crippen LogP contribution < -0.4 is 10.2 Å². The number of imide groups is 1. The van der Waals surface area contributed by atoms with E-state index in [1.54, 1.807) is 12.1 Å². The Kier molecular flexibility index (Phi) is 5.38. The molecular weight excluding hydrogens is 294 g/mol. The normalized spacial score (nSPS) is 22.8. The van der Waals surface area contributed by atoms with Gasteiger partial charge in [0, 0.05) is 13.1 Å². The van der Waals surface area contributed by atoms with Crippen molar-refractivity contribution < 1.29 is 14.3 Å². The van der Waals surface area contributed by atoms with E-state index in [0.29, 0.717) is 5.69 Å². The SMILES string of the molecule is O=C1C[C@H](NCCCN2CCOCC2)C(=O)N1c1ccccc1. The zero-order valence-corrected chi connectivity index (χ0v) is 13.2. The fourth-order valence-electron chi connectivity index (χ4n) is 3.04. The number of nitrogens with one attached hydrogen (secondary N) is 1. The van der Waals surface area contributed by atoms with Crippen molar-refractivity contribution in [2.45, 2.75) is 18.9 Å². The van der Waals surface area contributed by atoms with Crippen LogP contribution in [0.3, 0.4) is 0 Å². The number of para-hydroxylation sites is 1. The first kappa shape index (κ1) is 16.1. The third-order valence-electron chi connectivity index (χ3n) is 4.31. The number of carbonyl (C=O) groups is 2. The van der Waals surface area contributed by atoms with Gasteiger partial charge in [-0.2, -0.15) is 0 Å². The van der Waals surface area contributed by atoms with E-state index in [0.717, 1.165) is 45.8 Å². The van der Waals surface area contributed by atoms with Gasteiger partial charge in [-0.1, -0.05) is 18.2 Å². The summed E-state index contributed by atoms with van der Waals surface area (Å²) in [6, 6.07) is 8.72. The van der Waals surface area contributed by atoms with Crippen LogP contribution in [0.2, 0.25) is 0 Å². The van der Waals surface area contributed by atoms with Gasteiger partial charge >= 0.3 is 0 Å². The van der Waals surface area contributed by atoms with Gasteiger partial charge < -0.3 is 10.1 Å². The Morgan fingerprint density at radius 2 is 1.87 bits per heavy atom. The number of nitrogens with zero attached hydrogens (tertiary/aromatic N) is 2. The molecule has 0 bridgehead atoms. The third-order valence-corrected chi connectivity index (χ3v) is 4.31. The maximum absolute atomic E-state index is 12.4. The second kappa shape index (κ2) is 7.68. The van der Waals surface area contributed by atoms with E-state index in [1.165, 1.54) is 4.90 Å². The molecule has 1 atom stereocenters. The van der Waals surface area contributed by atoms with Gasteiger partial charge in [-0.15, -0.1) is 0 Å². The molecule has 3 rings (SSSR count). The smallest absolute Gasteiger partial charge is 0.251 e. The number of rotatable bonds is 6. The van der Waals surface area contributed by atoms with Crippen LogP contribution in [0, 0.1) is 0 Å². The Morgan fingerprint density at radius 1 is 1.13 bits per heavy atom. The van der Waals surface area contributed by atoms with Crippen LogP contribution >= 0.6 is 0 Å². The molecule has 124 valence electrons. The molecule has 2 saturated heterocycles. The summed E-state index contributed by atoms with van der Waals surface area (Å²) in [7, 11) is 0. The van der Waals surface area contributed by atoms with E-state index in [-0.39, 0.29) is 18.2 Å². The highest BCUT2D eigenvalue weighted by atomic mass is 16.5. The van der Waals surface area contributed by atoms with Gasteiger partial charge in [-0.25, -0.2) is 4.90 Å². The summed E-state index contributed by atoms with van der Waals surface area (Å²) in [5, 5.41) is 3.23. The van der Waals surface area contributed by atoms with Crippen molar-refractivity contribution in [3.63, 3.8) is 0 Å². The second-order valence-corrected chi connectivity index (χ2v) is 5.92. The van der Waals surface area contributed by atoms with Crippen LogP contribution in [-0.2, 0) is 14.3 Å². The molecule has 2 heterocycles. The fourth-order valence-corrected chi connectivity index (χ4v) is 3.04. The molecule has 0 saturated carbocycles. The summed E-state index contributed by atoms with van der Waals surface area (Å²) in [6.07, 6.45) is 1.20. The van der Waals surface area contributed by atoms with Crippen LogP contribution in [0.4, 0.5) is 5.69 Å². The first-order valence-electron chi connectivity index (χ1n) is 8.21. The Bertz CT molecular complexity index is 543. The van der Waals surface area contributed by atoms with Gasteiger partial charge in [0.15, 0.2) is 0 Å². The highest BCUT2D eigenvalue weighted by Gasteiger charge is 2.38. The van der Waals surface area contributed by atoms with Gasteiger partial charge in [-0.3, -0.25) is 14.5 Å². The highest BCUT2D eigenvalue weighted by molar-refractivity contribution is 6.22. The van der Waals surface area contributed by atoms with E-state index >= 15 is 0 Å². The van der Waals surface area contributed by atoms with Gasteiger partial charge in [0.05, 0.1) is 31.4 Å². The number of amides is 2. The van der Waals surface area contributed by atoms with E-state index in [9.17, 15) is 9.59 Å². The molecule has 2 aliphatic rings. The molecule has 6 heteroatoms. The van der Waals surface area contributed by atoms with Crippen LogP contribution in [0.1, 0.15) is 12.8 Å². The van der Waals surface area contributed by atoms with Crippen molar-refractivity contribution in [3.05, 3.63) is 30.3 Å². The maximum atomic E-state index is 12.4. The molecule has 0 unspecified atom stereocenters. The molecule has 23 heavy (non-hydrogen) atoms. The number of hydrogen-bond donors (Lipinski definition) is 1. The summed E-state index contributed by atoms with van der Waals surface area (Å²) < 4.78 is 5.32. The third kappa shape index (κ3) is 3.96. The van der Waals surface area contributed by atoms with Crippen molar-refractivity contribution >= 4 is 17.5 Å². The minimum atomic E-state index is -0.396. The molecule has 2 amide bonds. The lowest BCUT2D eigenvalue weighted by molar-refractivity contribution is -0.121. The number of anilines is 1. The van der Waals surface area contributed by atoms with Crippen LogP contribution in [0.5, 0.6) is 0 Å². The van der Waals surface area contributed by atoms with Crippen molar-refractivity contribution in [3.8, 4) is 0 Å². The number of carbonyl (C=O) groups excluding carboxylic acids is 2. The lowest BCUT2D eigenvalue weighted by Crippen LogP contribution is -2.41. The van der Waals surface area contributed by atoms with Crippen LogP contribution in [-0.4, -0.2) is 62.1 Å². The summed E-state index contributed by atoms with van der Waals surface area (Å²) >= 11 is 0. The molecule has 0 aliphatic carbocycles. The fraction of sp³-hybridized carbons (Fsp3) is 0.529. The minimum absolute atomic E-state index is 0.133. The summed E-state index contributed by atoms with van der Waals surface area (Å²) in [4.78, 5) is 28.2. The standard InChI is InChI=1S/C17H23N3O3/c21-16-13-15(17(22)20(16)14-5-2-1-3-6-14)18-7-4-8-19-9-11-23-12-10-19/h1-3,5-6,15,18H,4,7-13H2/t15-/m0/s1. The molecule has 0 aromatic heterocycles. The van der Waals surface area contributed by atoms with E-state index in [1.807, 2.05) is 18.2 Å². The first-order valence-corrected chi connectivity index (χ1v) is 8.21. The Balaban J connectivity index is 1.46. The molecule has 2 fully saturated rings. The van der Waals surface area contributed by atoms with Crippen molar-refractivity contribution in [1.29, 1.82) is 0 Å². The largest absolute Gasteiger partial charge is 0.379 e. The Morgan fingerprint density at radius 3 is 2.61 bits per heavy atom. The molecule has 1 N–H and O–H groups in total. The summed E-state index contributed by atoms with van der Waals surface area (Å²) in [5.41, 5.74) is 0.653. The van der Waals surface area contributed by atoms with Crippen LogP contribution in [0.25, 0.3) is 0 Å². The number of morpholine rings is 1. The quantitative estimate of drug-likeness (QED) is 0.616. The molecule has 2 aliphatic heterocycles. The van der Waals surface area contributed by atoms with E-state index in [2.05, 4.69) is 10.2 Å². The van der Waals surface area contributed by atoms with Gasteiger partial charge in [0.25, 0.3) is 5.91 Å². The van der Waals surface area contributed by atoms with Crippen molar-refractivity contribution in [1.82, 2.24) is 10.2 Å². The zero-order valence-electron chi connectivity index (χ0n) is 13.2. The summed E-state index contributed by atoms with van der Waals surface area (Å²) in [6.45, 7) is 5.28. The average molecular weight is 317 g/mol. The van der Waals surface area contributed by atoms with Crippen molar-refractivity contribution in [2.24, 2.45) is 0 Å². The molecule has 1 aromatic rings. The molecule has 1 aromatic carbocycles. The topological polar surface area (TPSA) is 61.9 Å². The Hall–Kier alpha value is -1.76. The highest BCUT2D eigenvalue weighted by Crippen LogP contribution is 2.22. The Labute approximate surface area is 136 Å². The van der Waals surface area contributed by atoms with E-state index < -0.39 is 6.04 Å². The van der Waals surface area contributed by atoms with Gasteiger partial charge in [0.1, 0.15) is 0 Å². The lowest BCUT2D eigenvalue weighted by Gasteiger charge is -2.26. The van der Waals surface area contributed by atoms with E-state index in [4.69, 9.17) is 4.74 Å². The number of ether oxygens (including phenoxy) is 1. The van der Waals surface area contributed by atoms with Crippen LogP contribution in [0.15, 0.2) is 30.3 Å². The zero-order chi connectivity index (χ0) is 16.1. The molecular formula is C17H23N3O3. The number of benzene rings is 1. The predicted octanol–water partition coefficient (Wildman–Crippen LogP) is 0.630. The predicted molar refractivity (Wildman–Crippen MR) is 87.2 cm³/mol. The first-order chi connectivity index (χ1) is 11.3. The minimum Gasteiger partial charge on any atom is -0.379 e. The van der Waals surface area contributed by atoms with Gasteiger partial charge in [-0.05, 0) is 31.6 Å². The second-order valence-electron chi connectivity index (χ2n) is 5.92. The van der Waals surface area contributed by atoms with Crippen molar-refractivity contribution in [2.75, 3.05) is 44.3 Å². The monoisotopic (exact) mass is 317 g/mol. The summed E-state index contributed by atoms with van der Waals surface area (Å²) in [5.74, 6) is -0.278. The molecule has 0 spiro atoms. The van der Waals surface area contributed by atoms with Gasteiger partial charge in [0.2, 0.25) is 5.91 Å². The average Bonchev–Trinajstić information content (AvgIpc) is 2.87. The molecule has 0 radical (unpaired) electrons. The number of hydrogen-bond acceptors (Lipinski definition) is 5. The lowest BCUT2D eigenvalue weighted by atomic mass is 10.2. The molecule has 6 nitrogen and oxygen atoms in total. The maximum Gasteiger partial charge on any atom is 0.251 e.